The molecule has 0 bridgehead atoms. The molecule has 3 aliphatic heterocycles. The van der Waals surface area contributed by atoms with E-state index in [1.165, 1.54) is 21.8 Å². The number of anilines is 2. The molecule has 0 amide bonds. The third-order valence-electron chi connectivity index (χ3n) is 7.20. The number of fused-ring (bicyclic) bond motifs is 4. The summed E-state index contributed by atoms with van der Waals surface area (Å²) in [4.78, 5) is 34.9. The average Bonchev–Trinajstić information content (AvgIpc) is 3.73. The Hall–Kier alpha value is -2.78. The van der Waals surface area contributed by atoms with E-state index < -0.39 is 76.6 Å². The van der Waals surface area contributed by atoms with Gasteiger partial charge < -0.3 is 39.4 Å². The third-order valence-corrected chi connectivity index (χ3v) is 9.81. The Balaban J connectivity index is 1.17. The van der Waals surface area contributed by atoms with Crippen LogP contribution in [-0.2, 0) is 43.9 Å². The van der Waals surface area contributed by atoms with Crippen LogP contribution in [0.5, 0.6) is 0 Å². The monoisotopic (exact) mass is 672 g/mol. The molecular weight excluding hydrogens is 651 g/mol. The molecule has 3 fully saturated rings. The quantitative estimate of drug-likeness (QED) is 0.196. The predicted molar refractivity (Wildman–Crippen MR) is 149 cm³/mol. The van der Waals surface area contributed by atoms with Gasteiger partial charge >= 0.3 is 6.72 Å². The first-order valence-corrected chi connectivity index (χ1v) is 16.9. The van der Waals surface area contributed by atoms with Crippen LogP contribution < -0.4 is 11.5 Å². The van der Waals surface area contributed by atoms with Crippen molar-refractivity contribution in [1.82, 2.24) is 39.0 Å². The minimum Gasteiger partial charge on any atom is -0.382 e. The van der Waals surface area contributed by atoms with Gasteiger partial charge in [-0.05, 0) is 11.8 Å². The summed E-state index contributed by atoms with van der Waals surface area (Å²) in [5.74, 6) is 0.0968. The van der Waals surface area contributed by atoms with Crippen molar-refractivity contribution in [3.05, 3.63) is 25.3 Å². The van der Waals surface area contributed by atoms with E-state index in [9.17, 15) is 9.46 Å². The molecule has 44 heavy (non-hydrogen) atoms. The number of nitrogens with zero attached hydrogens (tertiary/aromatic N) is 8. The van der Waals surface area contributed by atoms with E-state index in [0.717, 1.165) is 12.7 Å². The lowest BCUT2D eigenvalue weighted by Crippen LogP contribution is -2.37. The molecule has 10 atom stereocenters. The zero-order chi connectivity index (χ0) is 31.0. The molecule has 0 aromatic carbocycles. The molecule has 0 spiro atoms. The second kappa shape index (κ2) is 10.9. The van der Waals surface area contributed by atoms with Crippen molar-refractivity contribution in [1.29, 1.82) is 0 Å². The average molecular weight is 672 g/mol. The van der Waals surface area contributed by atoms with Crippen LogP contribution in [0.15, 0.2) is 25.3 Å². The number of ether oxygens (including phenoxy) is 2. The summed E-state index contributed by atoms with van der Waals surface area (Å²) < 4.78 is 81.0. The van der Waals surface area contributed by atoms with Gasteiger partial charge in [0, 0.05) is 0 Å². The number of alkyl halides is 2. The molecule has 7 rings (SSSR count). The maximum Gasteiger partial charge on any atom is 0.325 e. The molecule has 2 radical (unpaired) electrons. The Morgan fingerprint density at radius 1 is 0.841 bits per heavy atom. The van der Waals surface area contributed by atoms with E-state index in [1.54, 1.807) is 0 Å². The molecule has 0 saturated carbocycles. The number of nitrogens with two attached hydrogens (primary N) is 2. The van der Waals surface area contributed by atoms with Gasteiger partial charge in [-0.15, -0.1) is 0 Å². The maximum atomic E-state index is 16.0. The Morgan fingerprint density at radius 3 is 1.84 bits per heavy atom. The molecular formula is C20H21BF2N10O8P2S. The molecule has 0 aliphatic carbocycles. The summed E-state index contributed by atoms with van der Waals surface area (Å²) in [6.07, 6.45) is -8.19. The normalized spacial score (nSPS) is 38.2. The van der Waals surface area contributed by atoms with Crippen LogP contribution in [0.25, 0.3) is 22.3 Å². The van der Waals surface area contributed by atoms with E-state index in [-0.39, 0.29) is 34.0 Å². The van der Waals surface area contributed by atoms with Crippen LogP contribution in [-0.4, -0.2) is 101 Å². The first kappa shape index (κ1) is 29.9. The molecule has 24 heteroatoms. The van der Waals surface area contributed by atoms with Crippen molar-refractivity contribution < 1.29 is 45.8 Å². The number of hydrogen-bond donors (Lipinski definition) is 3. The van der Waals surface area contributed by atoms with Gasteiger partial charge in [0.05, 0.1) is 25.9 Å². The molecule has 4 aromatic heterocycles. The molecule has 18 nitrogen and oxygen atoms in total. The smallest absolute Gasteiger partial charge is 0.325 e. The SMILES string of the molecule is [B][P@]1(=O)OC[C@H]2O[C@@H](n3cnc4c(N)ncnc43)C(F)[C@H]2OP(O)(=S)OC[C@H]2O[C@@H](n3cnc4c(N)ncnc43)[C@@H](F)C2O1. The second-order valence-electron chi connectivity index (χ2n) is 9.92. The van der Waals surface area contributed by atoms with E-state index >= 15 is 8.78 Å². The van der Waals surface area contributed by atoms with E-state index in [2.05, 4.69) is 29.9 Å². The number of nitrogen functional groups attached to an aromatic ring is 2. The van der Waals surface area contributed by atoms with Gasteiger partial charge in [-0.25, -0.2) is 38.7 Å². The van der Waals surface area contributed by atoms with Gasteiger partial charge in [-0.2, -0.15) is 0 Å². The molecule has 7 heterocycles. The van der Waals surface area contributed by atoms with Gasteiger partial charge in [-0.1, -0.05) is 0 Å². The van der Waals surface area contributed by atoms with E-state index in [0.29, 0.717) is 0 Å². The third kappa shape index (κ3) is 5.18. The van der Waals surface area contributed by atoms with Crippen molar-refractivity contribution in [2.75, 3.05) is 24.7 Å². The number of hydrogen-bond acceptors (Lipinski definition) is 16. The van der Waals surface area contributed by atoms with E-state index in [1.807, 2.05) is 0 Å². The van der Waals surface area contributed by atoms with Gasteiger partial charge in [-0.3, -0.25) is 18.2 Å². The summed E-state index contributed by atoms with van der Waals surface area (Å²) in [5, 5.41) is 0. The molecule has 4 aromatic rings. The molecule has 3 aliphatic rings. The molecule has 3 unspecified atom stereocenters. The Labute approximate surface area is 251 Å². The standard InChI is InChI=1S/C20H21BF2N10O8P2S/c21-42(34)36-1-7-14(10(23)20(38-7)33-6-31-12-16(25)27-4-29-18(12)33)41-43(35,44)37-2-8-13(40-42)9(22)19(39-8)32-5-30-11-15(24)26-3-28-17(11)32/h3-10,13-14,19-20H,1-2H2,(H,35,44)(H2,24,26,28)(H2,25,27,29)/t7-,8-,9+,10?,13?,14+,19-,20-,42+,43?/m1/s1. The van der Waals surface area contributed by atoms with Crippen LogP contribution in [0.3, 0.4) is 0 Å². The first-order chi connectivity index (χ1) is 20.9. The first-order valence-electron chi connectivity index (χ1n) is 12.7. The number of rotatable bonds is 2. The highest BCUT2D eigenvalue weighted by molar-refractivity contribution is 8.07. The number of aromatic nitrogens is 8. The summed E-state index contributed by atoms with van der Waals surface area (Å²) in [6, 6.07) is 0. The van der Waals surface area contributed by atoms with Crippen molar-refractivity contribution in [3.63, 3.8) is 0 Å². The maximum absolute atomic E-state index is 16.0. The fourth-order valence-electron chi connectivity index (χ4n) is 5.20. The Morgan fingerprint density at radius 2 is 1.32 bits per heavy atom. The minimum absolute atomic E-state index is 0.0472. The minimum atomic E-state index is -4.57. The molecule has 5 N–H and O–H groups in total. The zero-order valence-corrected chi connectivity index (χ0v) is 24.6. The van der Waals surface area contributed by atoms with Crippen LogP contribution in [0.1, 0.15) is 12.5 Å². The lowest BCUT2D eigenvalue weighted by Gasteiger charge is -2.29. The molecule has 3 saturated heterocycles. The van der Waals surface area contributed by atoms with Crippen molar-refractivity contribution in [2.45, 2.75) is 49.2 Å². The fourth-order valence-corrected chi connectivity index (χ4v) is 7.64. The highest BCUT2D eigenvalue weighted by Crippen LogP contribution is 2.54. The zero-order valence-electron chi connectivity index (χ0n) is 22.0. The lowest BCUT2D eigenvalue weighted by molar-refractivity contribution is -0.0566. The Kier molecular flexibility index (Phi) is 7.43. The van der Waals surface area contributed by atoms with Crippen molar-refractivity contribution in [2.24, 2.45) is 0 Å². The van der Waals surface area contributed by atoms with Crippen molar-refractivity contribution >= 4 is 67.5 Å². The highest BCUT2D eigenvalue weighted by Gasteiger charge is 2.53. The number of halogens is 2. The van der Waals surface area contributed by atoms with Crippen LogP contribution in [0.4, 0.5) is 20.4 Å². The summed E-state index contributed by atoms with van der Waals surface area (Å²) >= 11 is 5.14. The van der Waals surface area contributed by atoms with Gasteiger partial charge in [0.25, 0.3) is 7.47 Å². The van der Waals surface area contributed by atoms with Crippen LogP contribution in [0.2, 0.25) is 0 Å². The highest BCUT2D eigenvalue weighted by atomic mass is 32.5. The van der Waals surface area contributed by atoms with Gasteiger partial charge in [0.2, 0.25) is 7.57 Å². The fraction of sp³-hybridized carbons (Fsp3) is 0.500. The topological polar surface area (TPSA) is 232 Å². The molecule has 232 valence electrons. The number of imidazole rings is 2. The largest absolute Gasteiger partial charge is 0.382 e. The summed E-state index contributed by atoms with van der Waals surface area (Å²) in [7, 11) is 1.26. The second-order valence-corrected chi connectivity index (χ2v) is 14.3. The van der Waals surface area contributed by atoms with Gasteiger partial charge in [0.1, 0.15) is 48.1 Å². The van der Waals surface area contributed by atoms with E-state index in [4.69, 9.17) is 58.4 Å². The van der Waals surface area contributed by atoms with Crippen molar-refractivity contribution in [3.8, 4) is 0 Å². The summed E-state index contributed by atoms with van der Waals surface area (Å²) in [6.45, 7) is -5.58. The van der Waals surface area contributed by atoms with Gasteiger partial charge in [0.15, 0.2) is 47.7 Å². The van der Waals surface area contributed by atoms with Crippen LogP contribution >= 0.6 is 14.2 Å². The lowest BCUT2D eigenvalue weighted by atomic mass is 10.1. The predicted octanol–water partition coefficient (Wildman–Crippen LogP) is 0.612. The van der Waals surface area contributed by atoms with Crippen LogP contribution in [0, 0.1) is 0 Å². The Bertz CT molecular complexity index is 1710. The summed E-state index contributed by atoms with van der Waals surface area (Å²) in [5.41, 5.74) is 12.3.